The summed E-state index contributed by atoms with van der Waals surface area (Å²) in [6.07, 6.45) is 0.795. The number of hydrogen-bond acceptors (Lipinski definition) is 2. The standard InChI is InChI=1S/C15H22O3Si/c1-19(2,3)12-6-4-11(5-7-12)13-8-9-18-10-14(13)15(16)17/h4-7,13-14H,8-10H2,1-3H3,(H,16,17)/t13-,14+/m1/s1. The first-order valence-corrected chi connectivity index (χ1v) is 10.3. The number of ether oxygens (including phenoxy) is 1. The Morgan fingerprint density at radius 2 is 1.89 bits per heavy atom. The van der Waals surface area contributed by atoms with Crippen molar-refractivity contribution in [3.05, 3.63) is 29.8 Å². The Morgan fingerprint density at radius 3 is 2.42 bits per heavy atom. The Labute approximate surface area is 115 Å². The average Bonchev–Trinajstić information content (AvgIpc) is 2.38. The van der Waals surface area contributed by atoms with Gasteiger partial charge in [0.2, 0.25) is 0 Å². The van der Waals surface area contributed by atoms with E-state index in [9.17, 15) is 9.90 Å². The summed E-state index contributed by atoms with van der Waals surface area (Å²) in [5.74, 6) is -1.08. The molecule has 1 saturated heterocycles. The fraction of sp³-hybridized carbons (Fsp3) is 0.533. The van der Waals surface area contributed by atoms with Crippen LogP contribution >= 0.6 is 0 Å². The van der Waals surface area contributed by atoms with Gasteiger partial charge in [-0.2, -0.15) is 0 Å². The van der Waals surface area contributed by atoms with E-state index in [1.807, 2.05) is 0 Å². The molecule has 0 amide bonds. The van der Waals surface area contributed by atoms with Crippen LogP contribution in [0.3, 0.4) is 0 Å². The highest BCUT2D eigenvalue weighted by atomic mass is 28.3. The smallest absolute Gasteiger partial charge is 0.309 e. The zero-order chi connectivity index (χ0) is 14.0. The highest BCUT2D eigenvalue weighted by molar-refractivity contribution is 6.88. The molecule has 0 aliphatic carbocycles. The van der Waals surface area contributed by atoms with Gasteiger partial charge in [-0.25, -0.2) is 0 Å². The largest absolute Gasteiger partial charge is 0.481 e. The zero-order valence-electron chi connectivity index (χ0n) is 11.8. The van der Waals surface area contributed by atoms with E-state index in [1.54, 1.807) is 0 Å². The van der Waals surface area contributed by atoms with E-state index >= 15 is 0 Å². The lowest BCUT2D eigenvalue weighted by molar-refractivity contribution is -0.147. The molecular formula is C15H22O3Si. The fourth-order valence-corrected chi connectivity index (χ4v) is 3.78. The number of carboxylic acid groups (broad SMARTS) is 1. The summed E-state index contributed by atoms with van der Waals surface area (Å²) in [6, 6.07) is 8.57. The predicted octanol–water partition coefficient (Wildman–Crippen LogP) is 2.44. The molecule has 1 aromatic carbocycles. The average molecular weight is 278 g/mol. The molecule has 1 aliphatic rings. The predicted molar refractivity (Wildman–Crippen MR) is 78.7 cm³/mol. The van der Waals surface area contributed by atoms with Gasteiger partial charge in [0.1, 0.15) is 0 Å². The summed E-state index contributed by atoms with van der Waals surface area (Å²) < 4.78 is 5.30. The van der Waals surface area contributed by atoms with Gasteiger partial charge in [0, 0.05) is 12.5 Å². The highest BCUT2D eigenvalue weighted by Crippen LogP contribution is 2.32. The van der Waals surface area contributed by atoms with Gasteiger partial charge in [-0.3, -0.25) is 4.79 Å². The lowest BCUT2D eigenvalue weighted by Crippen LogP contribution is -2.37. The van der Waals surface area contributed by atoms with E-state index in [0.29, 0.717) is 13.2 Å². The van der Waals surface area contributed by atoms with Crippen LogP contribution in [0.5, 0.6) is 0 Å². The number of aliphatic carboxylic acids is 1. The first-order chi connectivity index (χ1) is 8.89. The second-order valence-corrected chi connectivity index (χ2v) is 11.4. The Morgan fingerprint density at radius 1 is 1.26 bits per heavy atom. The van der Waals surface area contributed by atoms with Crippen molar-refractivity contribution in [3.63, 3.8) is 0 Å². The molecule has 19 heavy (non-hydrogen) atoms. The van der Waals surface area contributed by atoms with Crippen molar-refractivity contribution in [1.82, 2.24) is 0 Å². The van der Waals surface area contributed by atoms with E-state index in [1.165, 1.54) is 5.19 Å². The molecular weight excluding hydrogens is 256 g/mol. The van der Waals surface area contributed by atoms with Crippen LogP contribution in [0.2, 0.25) is 19.6 Å². The molecule has 0 spiro atoms. The normalized spacial score (nSPS) is 24.2. The number of carbonyl (C=O) groups is 1. The Kier molecular flexibility index (Phi) is 4.11. The third kappa shape index (κ3) is 3.25. The minimum atomic E-state index is -1.29. The second kappa shape index (κ2) is 5.47. The molecule has 0 saturated carbocycles. The molecule has 1 aliphatic heterocycles. The monoisotopic (exact) mass is 278 g/mol. The van der Waals surface area contributed by atoms with E-state index in [0.717, 1.165) is 12.0 Å². The Balaban J connectivity index is 2.23. The number of hydrogen-bond donors (Lipinski definition) is 1. The maximum Gasteiger partial charge on any atom is 0.309 e. The SMILES string of the molecule is C[Si](C)(C)c1ccc([C@H]2CCOC[C@@H]2C(=O)O)cc1. The molecule has 1 fully saturated rings. The van der Waals surface area contributed by atoms with E-state index in [-0.39, 0.29) is 5.92 Å². The van der Waals surface area contributed by atoms with Crippen LogP contribution in [-0.4, -0.2) is 32.4 Å². The molecule has 2 atom stereocenters. The maximum absolute atomic E-state index is 11.3. The molecule has 0 radical (unpaired) electrons. The van der Waals surface area contributed by atoms with Crippen molar-refractivity contribution >= 4 is 19.2 Å². The number of benzene rings is 1. The summed E-state index contributed by atoms with van der Waals surface area (Å²) >= 11 is 0. The molecule has 0 unspecified atom stereocenters. The van der Waals surface area contributed by atoms with Crippen molar-refractivity contribution in [2.24, 2.45) is 5.92 Å². The van der Waals surface area contributed by atoms with Crippen LogP contribution < -0.4 is 5.19 Å². The van der Waals surface area contributed by atoms with Gasteiger partial charge < -0.3 is 9.84 Å². The number of carboxylic acids is 1. The van der Waals surface area contributed by atoms with Crippen LogP contribution in [-0.2, 0) is 9.53 Å². The molecule has 1 N–H and O–H groups in total. The Bertz CT molecular complexity index is 447. The highest BCUT2D eigenvalue weighted by Gasteiger charge is 2.32. The summed E-state index contributed by atoms with van der Waals surface area (Å²) in [7, 11) is -1.29. The van der Waals surface area contributed by atoms with Crippen LogP contribution in [0.1, 0.15) is 17.9 Å². The molecule has 1 heterocycles. The van der Waals surface area contributed by atoms with Gasteiger partial charge in [-0.1, -0.05) is 49.1 Å². The fourth-order valence-electron chi connectivity index (χ4n) is 2.61. The van der Waals surface area contributed by atoms with Crippen molar-refractivity contribution in [3.8, 4) is 0 Å². The molecule has 4 heteroatoms. The van der Waals surface area contributed by atoms with Crippen molar-refractivity contribution in [1.29, 1.82) is 0 Å². The molecule has 2 rings (SSSR count). The van der Waals surface area contributed by atoms with Gasteiger partial charge in [0.05, 0.1) is 20.6 Å². The first-order valence-electron chi connectivity index (χ1n) is 6.80. The van der Waals surface area contributed by atoms with Gasteiger partial charge in [0.15, 0.2) is 0 Å². The lowest BCUT2D eigenvalue weighted by atomic mass is 9.83. The summed E-state index contributed by atoms with van der Waals surface area (Å²) in [6.45, 7) is 7.93. The van der Waals surface area contributed by atoms with Crippen LogP contribution in [0.25, 0.3) is 0 Å². The van der Waals surface area contributed by atoms with E-state index < -0.39 is 20.0 Å². The summed E-state index contributed by atoms with van der Waals surface area (Å²) in [4.78, 5) is 11.3. The number of rotatable bonds is 3. The van der Waals surface area contributed by atoms with Crippen LogP contribution in [0.4, 0.5) is 0 Å². The van der Waals surface area contributed by atoms with Crippen molar-refractivity contribution in [2.75, 3.05) is 13.2 Å². The second-order valence-electron chi connectivity index (χ2n) is 6.29. The van der Waals surface area contributed by atoms with E-state index in [4.69, 9.17) is 4.74 Å². The molecule has 0 bridgehead atoms. The topological polar surface area (TPSA) is 46.5 Å². The van der Waals surface area contributed by atoms with Crippen molar-refractivity contribution in [2.45, 2.75) is 32.0 Å². The van der Waals surface area contributed by atoms with Crippen LogP contribution in [0, 0.1) is 5.92 Å². The Hall–Kier alpha value is -1.13. The molecule has 0 aromatic heterocycles. The van der Waals surface area contributed by atoms with Gasteiger partial charge in [0.25, 0.3) is 0 Å². The minimum absolute atomic E-state index is 0.0851. The van der Waals surface area contributed by atoms with Gasteiger partial charge >= 0.3 is 5.97 Å². The summed E-state index contributed by atoms with van der Waals surface area (Å²) in [5, 5.41) is 10.7. The van der Waals surface area contributed by atoms with E-state index in [2.05, 4.69) is 43.9 Å². The minimum Gasteiger partial charge on any atom is -0.481 e. The summed E-state index contributed by atoms with van der Waals surface area (Å²) in [5.41, 5.74) is 1.14. The molecule has 1 aromatic rings. The lowest BCUT2D eigenvalue weighted by Gasteiger charge is -2.29. The molecule has 104 valence electrons. The molecule has 3 nitrogen and oxygen atoms in total. The quantitative estimate of drug-likeness (QED) is 0.864. The van der Waals surface area contributed by atoms with Crippen LogP contribution in [0.15, 0.2) is 24.3 Å². The zero-order valence-corrected chi connectivity index (χ0v) is 12.8. The third-order valence-corrected chi connectivity index (χ3v) is 5.94. The maximum atomic E-state index is 11.3. The van der Waals surface area contributed by atoms with Gasteiger partial charge in [-0.05, 0) is 12.0 Å². The third-order valence-electron chi connectivity index (χ3n) is 3.88. The van der Waals surface area contributed by atoms with Crippen molar-refractivity contribution < 1.29 is 14.6 Å². The first kappa shape index (κ1) is 14.3. The van der Waals surface area contributed by atoms with Gasteiger partial charge in [-0.15, -0.1) is 0 Å².